The Morgan fingerprint density at radius 1 is 1.17 bits per heavy atom. The van der Waals surface area contributed by atoms with E-state index in [2.05, 4.69) is 14.9 Å². The number of rotatable bonds is 3. The first-order valence-electron chi connectivity index (χ1n) is 5.87. The van der Waals surface area contributed by atoms with Crippen LogP contribution < -0.4 is 10.6 Å². The molecular formula is C13H13ClN4. The molecule has 18 heavy (non-hydrogen) atoms. The fourth-order valence-corrected chi connectivity index (χ4v) is 2.10. The average Bonchev–Trinajstić information content (AvgIpc) is 3.17. The molecule has 1 fully saturated rings. The van der Waals surface area contributed by atoms with Gasteiger partial charge in [0.2, 0.25) is 5.28 Å². The Morgan fingerprint density at radius 3 is 2.50 bits per heavy atom. The van der Waals surface area contributed by atoms with Crippen LogP contribution in [0.25, 0.3) is 0 Å². The van der Waals surface area contributed by atoms with Crippen molar-refractivity contribution in [2.24, 2.45) is 0 Å². The molecule has 92 valence electrons. The monoisotopic (exact) mass is 260 g/mol. The summed E-state index contributed by atoms with van der Waals surface area (Å²) in [4.78, 5) is 10.4. The van der Waals surface area contributed by atoms with E-state index in [9.17, 15) is 0 Å². The highest BCUT2D eigenvalue weighted by Crippen LogP contribution is 2.37. The van der Waals surface area contributed by atoms with E-state index in [0.29, 0.717) is 6.04 Å². The Balaban J connectivity index is 2.00. The standard InChI is InChI=1S/C13H13ClN4/c14-13-16-8-7-12(17-13)18(11-5-6-11)10-3-1-9(15)2-4-10/h1-4,7-8,11H,5-6,15H2. The molecule has 3 rings (SSSR count). The Morgan fingerprint density at radius 2 is 1.89 bits per heavy atom. The van der Waals surface area contributed by atoms with Gasteiger partial charge in [-0.2, -0.15) is 0 Å². The molecule has 2 N–H and O–H groups in total. The van der Waals surface area contributed by atoms with Crippen LogP contribution in [-0.4, -0.2) is 16.0 Å². The molecular weight excluding hydrogens is 248 g/mol. The smallest absolute Gasteiger partial charge is 0.224 e. The molecule has 1 aromatic carbocycles. The zero-order valence-corrected chi connectivity index (χ0v) is 10.5. The molecule has 0 radical (unpaired) electrons. The van der Waals surface area contributed by atoms with Gasteiger partial charge in [0.1, 0.15) is 5.82 Å². The van der Waals surface area contributed by atoms with Crippen molar-refractivity contribution < 1.29 is 0 Å². The summed E-state index contributed by atoms with van der Waals surface area (Å²) >= 11 is 5.86. The van der Waals surface area contributed by atoms with Crippen LogP contribution in [0.15, 0.2) is 36.5 Å². The Hall–Kier alpha value is -1.81. The highest BCUT2D eigenvalue weighted by atomic mass is 35.5. The summed E-state index contributed by atoms with van der Waals surface area (Å²) in [7, 11) is 0. The van der Waals surface area contributed by atoms with E-state index in [1.165, 1.54) is 12.8 Å². The largest absolute Gasteiger partial charge is 0.399 e. The lowest BCUT2D eigenvalue weighted by molar-refractivity contribution is 0.933. The summed E-state index contributed by atoms with van der Waals surface area (Å²) in [5.74, 6) is 0.835. The summed E-state index contributed by atoms with van der Waals surface area (Å²) in [6, 6.07) is 10.2. The third-order valence-electron chi connectivity index (χ3n) is 2.94. The maximum atomic E-state index is 5.86. The van der Waals surface area contributed by atoms with Gasteiger partial charge in [0.05, 0.1) is 0 Å². The van der Waals surface area contributed by atoms with Gasteiger partial charge in [0.25, 0.3) is 0 Å². The van der Waals surface area contributed by atoms with Crippen LogP contribution in [0.2, 0.25) is 5.28 Å². The molecule has 5 heteroatoms. The zero-order valence-electron chi connectivity index (χ0n) is 9.75. The van der Waals surface area contributed by atoms with Gasteiger partial charge in [-0.15, -0.1) is 0 Å². The number of hydrogen-bond donors (Lipinski definition) is 1. The molecule has 1 heterocycles. The minimum absolute atomic E-state index is 0.272. The molecule has 0 amide bonds. The average molecular weight is 261 g/mol. The molecule has 1 aliphatic rings. The number of nitrogens with zero attached hydrogens (tertiary/aromatic N) is 3. The summed E-state index contributed by atoms with van der Waals surface area (Å²) in [5.41, 5.74) is 7.56. The third kappa shape index (κ3) is 2.24. The van der Waals surface area contributed by atoms with E-state index in [1.807, 2.05) is 30.3 Å². The molecule has 4 nitrogen and oxygen atoms in total. The third-order valence-corrected chi connectivity index (χ3v) is 3.12. The van der Waals surface area contributed by atoms with Crippen molar-refractivity contribution in [3.8, 4) is 0 Å². The lowest BCUT2D eigenvalue weighted by Gasteiger charge is -2.23. The molecule has 0 spiro atoms. The van der Waals surface area contributed by atoms with Crippen LogP contribution in [0.1, 0.15) is 12.8 Å². The number of halogens is 1. The fourth-order valence-electron chi connectivity index (χ4n) is 1.96. The lowest BCUT2D eigenvalue weighted by Crippen LogP contribution is -2.20. The Labute approximate surface area is 110 Å². The van der Waals surface area contributed by atoms with Crippen LogP contribution in [0, 0.1) is 0 Å². The van der Waals surface area contributed by atoms with Crippen LogP contribution in [0.4, 0.5) is 17.2 Å². The van der Waals surface area contributed by atoms with Crippen LogP contribution in [-0.2, 0) is 0 Å². The normalized spacial score (nSPS) is 14.5. The van der Waals surface area contributed by atoms with Gasteiger partial charge in [-0.3, -0.25) is 0 Å². The van der Waals surface area contributed by atoms with Gasteiger partial charge in [0, 0.05) is 23.6 Å². The number of anilines is 3. The van der Waals surface area contributed by atoms with E-state index in [4.69, 9.17) is 17.3 Å². The van der Waals surface area contributed by atoms with Gasteiger partial charge < -0.3 is 10.6 Å². The topological polar surface area (TPSA) is 55.0 Å². The van der Waals surface area contributed by atoms with Crippen LogP contribution >= 0.6 is 11.6 Å². The second kappa shape index (κ2) is 4.46. The molecule has 0 saturated heterocycles. The Bertz CT molecular complexity index is 551. The van der Waals surface area contributed by atoms with Gasteiger partial charge in [-0.05, 0) is 54.8 Å². The zero-order chi connectivity index (χ0) is 12.5. The highest BCUT2D eigenvalue weighted by molar-refractivity contribution is 6.28. The van der Waals surface area contributed by atoms with Crippen molar-refractivity contribution in [3.63, 3.8) is 0 Å². The van der Waals surface area contributed by atoms with Crippen molar-refractivity contribution in [2.75, 3.05) is 10.6 Å². The summed E-state index contributed by atoms with van der Waals surface area (Å²) in [6.07, 6.45) is 4.02. The molecule has 1 aliphatic carbocycles. The number of nitrogen functional groups attached to an aromatic ring is 1. The Kier molecular flexibility index (Phi) is 2.80. The van der Waals surface area contributed by atoms with Crippen molar-refractivity contribution in [1.29, 1.82) is 0 Å². The van der Waals surface area contributed by atoms with Crippen LogP contribution in [0.5, 0.6) is 0 Å². The first kappa shape index (κ1) is 11.3. The first-order valence-corrected chi connectivity index (χ1v) is 6.25. The predicted octanol–water partition coefficient (Wildman–Crippen LogP) is 3.01. The van der Waals surface area contributed by atoms with Gasteiger partial charge in [-0.1, -0.05) is 0 Å². The van der Waals surface area contributed by atoms with Gasteiger partial charge in [0.15, 0.2) is 0 Å². The number of benzene rings is 1. The molecule has 0 bridgehead atoms. The predicted molar refractivity (Wildman–Crippen MR) is 73.1 cm³/mol. The maximum absolute atomic E-state index is 5.86. The minimum atomic E-state index is 0.272. The molecule has 1 saturated carbocycles. The second-order valence-electron chi connectivity index (χ2n) is 4.38. The van der Waals surface area contributed by atoms with E-state index in [1.54, 1.807) is 6.20 Å². The summed E-state index contributed by atoms with van der Waals surface area (Å²) < 4.78 is 0. The fraction of sp³-hybridized carbons (Fsp3) is 0.231. The van der Waals surface area contributed by atoms with Crippen molar-refractivity contribution in [2.45, 2.75) is 18.9 Å². The number of aromatic nitrogens is 2. The summed E-state index contributed by atoms with van der Waals surface area (Å²) in [6.45, 7) is 0. The first-order chi connectivity index (χ1) is 8.74. The summed E-state index contributed by atoms with van der Waals surface area (Å²) in [5, 5.41) is 0.272. The van der Waals surface area contributed by atoms with E-state index in [0.717, 1.165) is 17.2 Å². The maximum Gasteiger partial charge on any atom is 0.224 e. The van der Waals surface area contributed by atoms with Crippen molar-refractivity contribution in [1.82, 2.24) is 9.97 Å². The minimum Gasteiger partial charge on any atom is -0.399 e. The molecule has 2 aromatic rings. The molecule has 0 unspecified atom stereocenters. The number of hydrogen-bond acceptors (Lipinski definition) is 4. The number of nitrogens with two attached hydrogens (primary N) is 1. The van der Waals surface area contributed by atoms with Crippen LogP contribution in [0.3, 0.4) is 0 Å². The van der Waals surface area contributed by atoms with Crippen molar-refractivity contribution >= 4 is 28.8 Å². The van der Waals surface area contributed by atoms with E-state index < -0.39 is 0 Å². The van der Waals surface area contributed by atoms with Crippen molar-refractivity contribution in [3.05, 3.63) is 41.8 Å². The highest BCUT2D eigenvalue weighted by Gasteiger charge is 2.31. The molecule has 0 atom stereocenters. The van der Waals surface area contributed by atoms with E-state index >= 15 is 0 Å². The SMILES string of the molecule is Nc1ccc(N(c2ccnc(Cl)n2)C2CC2)cc1. The van der Waals surface area contributed by atoms with Gasteiger partial charge >= 0.3 is 0 Å². The molecule has 0 aliphatic heterocycles. The molecule has 1 aromatic heterocycles. The van der Waals surface area contributed by atoms with Gasteiger partial charge in [-0.25, -0.2) is 9.97 Å². The lowest BCUT2D eigenvalue weighted by atomic mass is 10.2. The quantitative estimate of drug-likeness (QED) is 0.681. The second-order valence-corrected chi connectivity index (χ2v) is 4.71. The van der Waals surface area contributed by atoms with E-state index in [-0.39, 0.29) is 5.28 Å².